The fourth-order valence-electron chi connectivity index (χ4n) is 5.51. The number of hydrogen-bond acceptors (Lipinski definition) is 5. The third-order valence-electron chi connectivity index (χ3n) is 7.30. The molecule has 1 aromatic heterocycles. The van der Waals surface area contributed by atoms with Crippen molar-refractivity contribution >= 4 is 28.2 Å². The van der Waals surface area contributed by atoms with Gasteiger partial charge in [-0.15, -0.1) is 0 Å². The lowest BCUT2D eigenvalue weighted by Gasteiger charge is -2.26. The number of rotatable bonds is 7. The molecule has 0 amide bonds. The Morgan fingerprint density at radius 3 is 2.38 bits per heavy atom. The minimum absolute atomic E-state index is 0.182. The molecule has 200 valence electrons. The Balaban J connectivity index is 1.56. The Morgan fingerprint density at radius 1 is 0.900 bits per heavy atom. The lowest BCUT2D eigenvalue weighted by Crippen LogP contribution is -2.20. The number of hydrogen-bond donors (Lipinski definition) is 1. The Bertz CT molecular complexity index is 1770. The van der Waals surface area contributed by atoms with Gasteiger partial charge >= 0.3 is 0 Å². The summed E-state index contributed by atoms with van der Waals surface area (Å²) in [4.78, 5) is 16.9. The second-order valence-electron chi connectivity index (χ2n) is 9.69. The summed E-state index contributed by atoms with van der Waals surface area (Å²) in [6, 6.07) is 31.3. The van der Waals surface area contributed by atoms with Crippen LogP contribution in [0.25, 0.3) is 22.0 Å². The number of hydrazone groups is 1. The number of H-pyrrole nitrogens is 1. The van der Waals surface area contributed by atoms with Gasteiger partial charge in [-0.1, -0.05) is 84.4 Å². The average molecular weight is 550 g/mol. The molecule has 0 fully saturated rings. The third-order valence-corrected chi connectivity index (χ3v) is 7.54. The third kappa shape index (κ3) is 4.71. The monoisotopic (exact) mass is 549 g/mol. The molecule has 40 heavy (non-hydrogen) atoms. The number of benzene rings is 4. The SMILES string of the molecule is COc1cccc(C2CC(c3c(-c4ccccc4)c4cc(Cl)ccc4[nH]c3=O)=NN2Cc2ccccc2)c1OC. The summed E-state index contributed by atoms with van der Waals surface area (Å²) in [7, 11) is 3.27. The molecule has 1 aliphatic heterocycles. The molecule has 1 atom stereocenters. The van der Waals surface area contributed by atoms with Crippen LogP contribution in [0.4, 0.5) is 0 Å². The van der Waals surface area contributed by atoms with Crippen LogP contribution >= 0.6 is 11.6 Å². The highest BCUT2D eigenvalue weighted by atomic mass is 35.5. The number of aromatic nitrogens is 1. The first-order valence-electron chi connectivity index (χ1n) is 13.1. The number of para-hydroxylation sites is 1. The van der Waals surface area contributed by atoms with Gasteiger partial charge in [-0.2, -0.15) is 5.10 Å². The summed E-state index contributed by atoms with van der Waals surface area (Å²) in [6.45, 7) is 0.563. The largest absolute Gasteiger partial charge is 0.493 e. The van der Waals surface area contributed by atoms with Gasteiger partial charge in [0.15, 0.2) is 11.5 Å². The molecule has 4 aromatic carbocycles. The summed E-state index contributed by atoms with van der Waals surface area (Å²) < 4.78 is 11.4. The van der Waals surface area contributed by atoms with Gasteiger partial charge in [0, 0.05) is 33.5 Å². The maximum absolute atomic E-state index is 13.8. The molecule has 1 unspecified atom stereocenters. The summed E-state index contributed by atoms with van der Waals surface area (Å²) in [5.41, 5.74) is 5.58. The van der Waals surface area contributed by atoms with Crippen LogP contribution in [0.15, 0.2) is 107 Å². The maximum atomic E-state index is 13.8. The van der Waals surface area contributed by atoms with E-state index in [4.69, 9.17) is 26.2 Å². The molecule has 0 saturated carbocycles. The van der Waals surface area contributed by atoms with Crippen molar-refractivity contribution in [2.75, 3.05) is 14.2 Å². The zero-order chi connectivity index (χ0) is 27.6. The number of nitrogens with one attached hydrogen (secondary N) is 1. The van der Waals surface area contributed by atoms with E-state index in [9.17, 15) is 4.79 Å². The van der Waals surface area contributed by atoms with Crippen LogP contribution in [0.3, 0.4) is 0 Å². The van der Waals surface area contributed by atoms with Crippen LogP contribution in [-0.4, -0.2) is 29.9 Å². The molecular weight excluding hydrogens is 522 g/mol. The van der Waals surface area contributed by atoms with E-state index in [1.54, 1.807) is 20.3 Å². The molecule has 1 aliphatic rings. The van der Waals surface area contributed by atoms with Gasteiger partial charge in [0.25, 0.3) is 5.56 Å². The number of methoxy groups -OCH3 is 2. The average Bonchev–Trinajstić information content (AvgIpc) is 3.39. The van der Waals surface area contributed by atoms with Crippen LogP contribution in [0.5, 0.6) is 11.5 Å². The normalized spacial score (nSPS) is 14.8. The van der Waals surface area contributed by atoms with Gasteiger partial charge in [-0.25, -0.2) is 0 Å². The lowest BCUT2D eigenvalue weighted by molar-refractivity contribution is 0.218. The maximum Gasteiger partial charge on any atom is 0.258 e. The van der Waals surface area contributed by atoms with E-state index in [-0.39, 0.29) is 11.6 Å². The first-order chi connectivity index (χ1) is 19.6. The van der Waals surface area contributed by atoms with Crippen molar-refractivity contribution in [2.24, 2.45) is 5.10 Å². The highest BCUT2D eigenvalue weighted by molar-refractivity contribution is 6.31. The van der Waals surface area contributed by atoms with Gasteiger partial charge in [0.05, 0.1) is 38.1 Å². The minimum Gasteiger partial charge on any atom is -0.493 e. The number of halogens is 1. The number of fused-ring (bicyclic) bond motifs is 1. The molecule has 0 spiro atoms. The van der Waals surface area contributed by atoms with E-state index in [1.165, 1.54) is 0 Å². The predicted molar refractivity (Wildman–Crippen MR) is 160 cm³/mol. The van der Waals surface area contributed by atoms with E-state index < -0.39 is 0 Å². The molecule has 0 radical (unpaired) electrons. The molecule has 2 heterocycles. The summed E-state index contributed by atoms with van der Waals surface area (Å²) in [6.07, 6.45) is 0.505. The molecule has 0 bridgehead atoms. The second-order valence-corrected chi connectivity index (χ2v) is 10.1. The summed E-state index contributed by atoms with van der Waals surface area (Å²) in [5.74, 6) is 1.31. The quantitative estimate of drug-likeness (QED) is 0.233. The zero-order valence-corrected chi connectivity index (χ0v) is 23.0. The van der Waals surface area contributed by atoms with Crippen LogP contribution in [0.1, 0.15) is 29.2 Å². The number of aromatic amines is 1. The van der Waals surface area contributed by atoms with Crippen LogP contribution in [-0.2, 0) is 6.54 Å². The van der Waals surface area contributed by atoms with Crippen molar-refractivity contribution in [1.29, 1.82) is 0 Å². The van der Waals surface area contributed by atoms with Crippen LogP contribution in [0.2, 0.25) is 5.02 Å². The highest BCUT2D eigenvalue weighted by Gasteiger charge is 2.34. The van der Waals surface area contributed by atoms with Gasteiger partial charge < -0.3 is 14.5 Å². The van der Waals surface area contributed by atoms with E-state index >= 15 is 0 Å². The summed E-state index contributed by atoms with van der Waals surface area (Å²) >= 11 is 6.45. The first kappa shape index (κ1) is 25.7. The summed E-state index contributed by atoms with van der Waals surface area (Å²) in [5, 5.41) is 8.63. The van der Waals surface area contributed by atoms with Crippen molar-refractivity contribution < 1.29 is 9.47 Å². The molecule has 6 rings (SSSR count). The topological polar surface area (TPSA) is 66.9 Å². The smallest absolute Gasteiger partial charge is 0.258 e. The van der Waals surface area contributed by atoms with Crippen molar-refractivity contribution in [2.45, 2.75) is 19.0 Å². The first-order valence-corrected chi connectivity index (χ1v) is 13.5. The predicted octanol–water partition coefficient (Wildman–Crippen LogP) is 7.22. The number of pyridine rings is 1. The molecule has 5 aromatic rings. The molecule has 6 nitrogen and oxygen atoms in total. The van der Waals surface area contributed by atoms with E-state index in [1.807, 2.05) is 83.9 Å². The Hall–Kier alpha value is -4.55. The van der Waals surface area contributed by atoms with Gasteiger partial charge in [0.1, 0.15) is 0 Å². The Kier molecular flexibility index (Phi) is 7.01. The Morgan fingerprint density at radius 2 is 1.65 bits per heavy atom. The van der Waals surface area contributed by atoms with E-state index in [0.29, 0.717) is 40.8 Å². The van der Waals surface area contributed by atoms with E-state index in [2.05, 4.69) is 17.1 Å². The van der Waals surface area contributed by atoms with E-state index in [0.717, 1.165) is 33.2 Å². The molecule has 0 saturated heterocycles. The van der Waals surface area contributed by atoms with Gasteiger partial charge in [-0.05, 0) is 35.4 Å². The van der Waals surface area contributed by atoms with Crippen LogP contribution in [0, 0.1) is 0 Å². The molecular formula is C33H28ClN3O3. The lowest BCUT2D eigenvalue weighted by atomic mass is 9.90. The molecule has 1 N–H and O–H groups in total. The highest BCUT2D eigenvalue weighted by Crippen LogP contribution is 2.43. The van der Waals surface area contributed by atoms with Crippen molar-refractivity contribution in [3.63, 3.8) is 0 Å². The fraction of sp³-hybridized carbons (Fsp3) is 0.152. The second kappa shape index (κ2) is 10.9. The standard InChI is InChI=1S/C33H28ClN3O3/c1-39-29-15-9-14-24(32(29)40-2)28-19-27(36-37(28)20-21-10-5-3-6-11-21)31-30(22-12-7-4-8-13-22)25-18-23(34)16-17-26(25)35-33(31)38/h3-18,28H,19-20H2,1-2H3,(H,35,38). The van der Waals surface area contributed by atoms with Crippen molar-refractivity contribution in [3.05, 3.63) is 129 Å². The molecule has 0 aliphatic carbocycles. The van der Waals surface area contributed by atoms with Gasteiger partial charge in [-0.3, -0.25) is 9.80 Å². The minimum atomic E-state index is -0.189. The number of ether oxygens (including phenoxy) is 2. The fourth-order valence-corrected chi connectivity index (χ4v) is 5.68. The Labute approximate surface area is 237 Å². The van der Waals surface area contributed by atoms with Crippen molar-refractivity contribution in [3.8, 4) is 22.6 Å². The van der Waals surface area contributed by atoms with Gasteiger partial charge in [0.2, 0.25) is 0 Å². The van der Waals surface area contributed by atoms with Crippen LogP contribution < -0.4 is 15.0 Å². The zero-order valence-electron chi connectivity index (χ0n) is 22.2. The molecule has 7 heteroatoms. The number of nitrogens with zero attached hydrogens (tertiary/aromatic N) is 2. The van der Waals surface area contributed by atoms with Crippen molar-refractivity contribution in [1.82, 2.24) is 9.99 Å².